The van der Waals surface area contributed by atoms with Crippen LogP contribution in [0.3, 0.4) is 0 Å². The minimum Gasteiger partial charge on any atom is -0.370 e. The zero-order valence-electron chi connectivity index (χ0n) is 12.3. The molecule has 0 aliphatic carbocycles. The number of benzene rings is 1. The van der Waals surface area contributed by atoms with Gasteiger partial charge in [0.1, 0.15) is 18.9 Å². The number of H-pyrrole nitrogens is 1. The topological polar surface area (TPSA) is 47.3 Å². The third kappa shape index (κ3) is 3.60. The third-order valence-corrected chi connectivity index (χ3v) is 4.28. The van der Waals surface area contributed by atoms with Crippen LogP contribution in [0.5, 0.6) is 0 Å². The summed E-state index contributed by atoms with van der Waals surface area (Å²) in [5.74, 6) is 0.516. The summed E-state index contributed by atoms with van der Waals surface area (Å²) in [6.45, 7) is 5.75. The summed E-state index contributed by atoms with van der Waals surface area (Å²) in [5, 5.41) is 7.11. The van der Waals surface area contributed by atoms with Gasteiger partial charge in [0.25, 0.3) is 0 Å². The number of hydrogen-bond donors (Lipinski definition) is 2. The summed E-state index contributed by atoms with van der Waals surface area (Å²) in [6, 6.07) is 6.33. The lowest BCUT2D eigenvalue weighted by Gasteiger charge is -2.23. The Balaban J connectivity index is 1.67. The molecule has 0 amide bonds. The van der Waals surface area contributed by atoms with Gasteiger partial charge < -0.3 is 9.64 Å². The van der Waals surface area contributed by atoms with Crippen molar-refractivity contribution in [2.45, 2.75) is 13.0 Å². The Morgan fingerprint density at radius 1 is 1.27 bits per heavy atom. The first-order valence-corrected chi connectivity index (χ1v) is 7.97. The van der Waals surface area contributed by atoms with Crippen molar-refractivity contribution in [2.24, 2.45) is 0 Å². The molecular formula is C15H20FN4OS+. The average Bonchev–Trinajstić information content (AvgIpc) is 2.90. The summed E-state index contributed by atoms with van der Waals surface area (Å²) in [6.07, 6.45) is 1.03. The molecule has 118 valence electrons. The largest absolute Gasteiger partial charge is 0.370 e. The first kappa shape index (κ1) is 15.3. The van der Waals surface area contributed by atoms with Gasteiger partial charge in [-0.15, -0.1) is 0 Å². The SMILES string of the molecule is Fc1ccc(-c2n[nH]c(=S)n2CCC[NH+]2CCOCC2)cc1. The molecular weight excluding hydrogens is 303 g/mol. The molecule has 0 unspecified atom stereocenters. The van der Waals surface area contributed by atoms with Crippen molar-refractivity contribution >= 4 is 12.2 Å². The molecule has 7 heteroatoms. The van der Waals surface area contributed by atoms with E-state index < -0.39 is 0 Å². The number of morpholine rings is 1. The second-order valence-corrected chi connectivity index (χ2v) is 5.86. The van der Waals surface area contributed by atoms with E-state index in [9.17, 15) is 4.39 Å². The summed E-state index contributed by atoms with van der Waals surface area (Å²) in [5.41, 5.74) is 0.868. The number of aromatic amines is 1. The first-order valence-electron chi connectivity index (χ1n) is 7.56. The van der Waals surface area contributed by atoms with E-state index in [1.54, 1.807) is 17.0 Å². The molecule has 2 N–H and O–H groups in total. The monoisotopic (exact) mass is 323 g/mol. The van der Waals surface area contributed by atoms with Gasteiger partial charge in [0, 0.05) is 18.5 Å². The van der Waals surface area contributed by atoms with Crippen LogP contribution in [-0.2, 0) is 11.3 Å². The van der Waals surface area contributed by atoms with Crippen LogP contribution in [-0.4, -0.2) is 47.6 Å². The highest BCUT2D eigenvalue weighted by atomic mass is 32.1. The van der Waals surface area contributed by atoms with Crippen molar-refractivity contribution in [3.8, 4) is 11.4 Å². The van der Waals surface area contributed by atoms with Crippen LogP contribution in [0.2, 0.25) is 0 Å². The van der Waals surface area contributed by atoms with Gasteiger partial charge in [0.05, 0.1) is 19.8 Å². The summed E-state index contributed by atoms with van der Waals surface area (Å²) in [7, 11) is 0. The lowest BCUT2D eigenvalue weighted by atomic mass is 10.2. The maximum Gasteiger partial charge on any atom is 0.195 e. The molecule has 1 fully saturated rings. The highest BCUT2D eigenvalue weighted by molar-refractivity contribution is 7.71. The van der Waals surface area contributed by atoms with Gasteiger partial charge in [0.15, 0.2) is 10.6 Å². The second-order valence-electron chi connectivity index (χ2n) is 5.48. The summed E-state index contributed by atoms with van der Waals surface area (Å²) < 4.78 is 21.0. The fourth-order valence-corrected chi connectivity index (χ4v) is 2.97. The summed E-state index contributed by atoms with van der Waals surface area (Å²) >= 11 is 5.31. The predicted octanol–water partition coefficient (Wildman–Crippen LogP) is 1.05. The van der Waals surface area contributed by atoms with E-state index in [-0.39, 0.29) is 5.82 Å². The van der Waals surface area contributed by atoms with Crippen molar-refractivity contribution in [1.82, 2.24) is 14.8 Å². The number of quaternary nitrogens is 1. The Hall–Kier alpha value is -1.57. The Morgan fingerprint density at radius 3 is 2.73 bits per heavy atom. The van der Waals surface area contributed by atoms with E-state index in [1.807, 2.05) is 4.57 Å². The maximum absolute atomic E-state index is 13.0. The van der Waals surface area contributed by atoms with E-state index in [2.05, 4.69) is 10.2 Å². The van der Waals surface area contributed by atoms with Crippen LogP contribution in [0.15, 0.2) is 24.3 Å². The third-order valence-electron chi connectivity index (χ3n) is 3.97. The minimum atomic E-state index is -0.250. The molecule has 3 rings (SSSR count). The number of halogens is 1. The van der Waals surface area contributed by atoms with E-state index in [0.29, 0.717) is 4.77 Å². The van der Waals surface area contributed by atoms with E-state index in [4.69, 9.17) is 17.0 Å². The lowest BCUT2D eigenvalue weighted by Crippen LogP contribution is -3.14. The Labute approximate surface area is 133 Å². The molecule has 1 saturated heterocycles. The highest BCUT2D eigenvalue weighted by Gasteiger charge is 2.14. The Morgan fingerprint density at radius 2 is 2.00 bits per heavy atom. The van der Waals surface area contributed by atoms with Gasteiger partial charge in [-0.25, -0.2) is 4.39 Å². The van der Waals surface area contributed by atoms with Gasteiger partial charge >= 0.3 is 0 Å². The highest BCUT2D eigenvalue weighted by Crippen LogP contribution is 2.17. The van der Waals surface area contributed by atoms with Crippen molar-refractivity contribution in [2.75, 3.05) is 32.8 Å². The molecule has 1 aliphatic rings. The number of rotatable bonds is 5. The number of hydrogen-bond acceptors (Lipinski definition) is 3. The Bertz CT molecular complexity index is 661. The Kier molecular flexibility index (Phi) is 4.97. The first-order chi connectivity index (χ1) is 10.7. The molecule has 0 spiro atoms. The molecule has 2 heterocycles. The van der Waals surface area contributed by atoms with Crippen LogP contribution >= 0.6 is 12.2 Å². The van der Waals surface area contributed by atoms with Crippen LogP contribution in [0.1, 0.15) is 6.42 Å². The normalized spacial score (nSPS) is 16.0. The zero-order valence-corrected chi connectivity index (χ0v) is 13.2. The molecule has 0 saturated carbocycles. The predicted molar refractivity (Wildman–Crippen MR) is 83.8 cm³/mol. The molecule has 2 aromatic rings. The molecule has 1 aromatic carbocycles. The number of aromatic nitrogens is 3. The van der Waals surface area contributed by atoms with Crippen LogP contribution in [0.4, 0.5) is 4.39 Å². The van der Waals surface area contributed by atoms with Gasteiger partial charge in [-0.3, -0.25) is 9.67 Å². The van der Waals surface area contributed by atoms with E-state index in [0.717, 1.165) is 57.2 Å². The van der Waals surface area contributed by atoms with Crippen LogP contribution < -0.4 is 4.90 Å². The number of ether oxygens (including phenoxy) is 1. The van der Waals surface area contributed by atoms with Gasteiger partial charge in [0.2, 0.25) is 0 Å². The van der Waals surface area contributed by atoms with Crippen LogP contribution in [0.25, 0.3) is 11.4 Å². The fraction of sp³-hybridized carbons (Fsp3) is 0.467. The standard InChI is InChI=1S/C15H19FN4OS/c16-13-4-2-12(3-5-13)14-17-18-15(22)20(14)7-1-6-19-8-10-21-11-9-19/h2-5H,1,6-11H2,(H,18,22)/p+1. The van der Waals surface area contributed by atoms with E-state index >= 15 is 0 Å². The van der Waals surface area contributed by atoms with Crippen molar-refractivity contribution in [3.05, 3.63) is 34.9 Å². The molecule has 1 aromatic heterocycles. The minimum absolute atomic E-state index is 0.250. The molecule has 22 heavy (non-hydrogen) atoms. The fourth-order valence-electron chi connectivity index (χ4n) is 2.74. The zero-order chi connectivity index (χ0) is 15.4. The van der Waals surface area contributed by atoms with Crippen molar-refractivity contribution in [1.29, 1.82) is 0 Å². The smallest absolute Gasteiger partial charge is 0.195 e. The van der Waals surface area contributed by atoms with Crippen LogP contribution in [0, 0.1) is 10.6 Å². The molecule has 0 bridgehead atoms. The molecule has 5 nitrogen and oxygen atoms in total. The molecule has 1 aliphatic heterocycles. The van der Waals surface area contributed by atoms with Gasteiger partial charge in [-0.05, 0) is 36.5 Å². The van der Waals surface area contributed by atoms with Crippen molar-refractivity contribution < 1.29 is 14.0 Å². The molecule has 0 radical (unpaired) electrons. The number of nitrogens with one attached hydrogen (secondary N) is 2. The van der Waals surface area contributed by atoms with E-state index in [1.165, 1.54) is 12.1 Å². The summed E-state index contributed by atoms with van der Waals surface area (Å²) in [4.78, 5) is 1.57. The average molecular weight is 323 g/mol. The second kappa shape index (κ2) is 7.13. The number of nitrogens with zero attached hydrogens (tertiary/aromatic N) is 2. The van der Waals surface area contributed by atoms with Gasteiger partial charge in [-0.1, -0.05) is 0 Å². The van der Waals surface area contributed by atoms with Gasteiger partial charge in [-0.2, -0.15) is 5.10 Å². The maximum atomic E-state index is 13.0. The molecule has 0 atom stereocenters. The quantitative estimate of drug-likeness (QED) is 0.809. The van der Waals surface area contributed by atoms with Crippen molar-refractivity contribution in [3.63, 3.8) is 0 Å². The lowest BCUT2D eigenvalue weighted by molar-refractivity contribution is -0.908.